The van der Waals surface area contributed by atoms with Crippen LogP contribution in [-0.4, -0.2) is 27.1 Å². The number of carbonyl (C=O) groups is 1. The zero-order valence-corrected chi connectivity index (χ0v) is 14.0. The normalized spacial score (nSPS) is 10.2. The second kappa shape index (κ2) is 6.90. The zero-order valence-electron chi connectivity index (χ0n) is 12.5. The minimum Gasteiger partial charge on any atom is -0.494 e. The summed E-state index contributed by atoms with van der Waals surface area (Å²) in [6.07, 6.45) is 0. The highest BCUT2D eigenvalue weighted by Crippen LogP contribution is 2.34. The molecule has 1 amide bonds. The van der Waals surface area contributed by atoms with E-state index in [9.17, 15) is 4.79 Å². The summed E-state index contributed by atoms with van der Waals surface area (Å²) in [5.74, 6) is 0.0688. The number of amides is 1. The van der Waals surface area contributed by atoms with Crippen molar-refractivity contribution in [3.63, 3.8) is 0 Å². The molecule has 2 aromatic rings. The number of hydrogen-bond donors (Lipinski definition) is 1. The van der Waals surface area contributed by atoms with Crippen molar-refractivity contribution in [3.8, 4) is 5.75 Å². The van der Waals surface area contributed by atoms with Crippen LogP contribution in [-0.2, 0) is 0 Å². The quantitative estimate of drug-likeness (QED) is 0.902. The van der Waals surface area contributed by atoms with Gasteiger partial charge in [-0.25, -0.2) is 0 Å². The maximum atomic E-state index is 12.3. The molecule has 0 atom stereocenters. The summed E-state index contributed by atoms with van der Waals surface area (Å²) in [7, 11) is 5.38. The van der Waals surface area contributed by atoms with E-state index in [1.54, 1.807) is 0 Å². The molecule has 0 aliphatic carbocycles. The van der Waals surface area contributed by atoms with Crippen LogP contribution in [0.2, 0.25) is 10.0 Å². The van der Waals surface area contributed by atoms with E-state index in [1.165, 1.54) is 19.2 Å². The highest BCUT2D eigenvalue weighted by Gasteiger charge is 2.13. The van der Waals surface area contributed by atoms with Crippen molar-refractivity contribution in [1.29, 1.82) is 0 Å². The van der Waals surface area contributed by atoms with Gasteiger partial charge in [-0.05, 0) is 36.4 Å². The Morgan fingerprint density at radius 1 is 1.09 bits per heavy atom. The van der Waals surface area contributed by atoms with Crippen LogP contribution < -0.4 is 15.0 Å². The Bertz CT molecular complexity index is 662. The van der Waals surface area contributed by atoms with Gasteiger partial charge in [0.25, 0.3) is 5.91 Å². The van der Waals surface area contributed by atoms with E-state index in [-0.39, 0.29) is 5.91 Å². The van der Waals surface area contributed by atoms with Crippen molar-refractivity contribution in [2.75, 3.05) is 31.4 Å². The summed E-state index contributed by atoms with van der Waals surface area (Å²) in [5.41, 5.74) is 2.11. The van der Waals surface area contributed by atoms with E-state index in [4.69, 9.17) is 27.9 Å². The number of methoxy groups -OCH3 is 1. The van der Waals surface area contributed by atoms with Crippen LogP contribution in [0.25, 0.3) is 0 Å². The number of carbonyl (C=O) groups excluding carboxylic acids is 1. The zero-order chi connectivity index (χ0) is 16.3. The van der Waals surface area contributed by atoms with Crippen molar-refractivity contribution in [1.82, 2.24) is 0 Å². The van der Waals surface area contributed by atoms with Crippen molar-refractivity contribution < 1.29 is 9.53 Å². The summed E-state index contributed by atoms with van der Waals surface area (Å²) in [6, 6.07) is 10.6. The van der Waals surface area contributed by atoms with Crippen LogP contribution in [0.4, 0.5) is 11.4 Å². The lowest BCUT2D eigenvalue weighted by atomic mass is 10.2. The molecule has 1 N–H and O–H groups in total. The Balaban J connectivity index is 2.18. The monoisotopic (exact) mass is 338 g/mol. The first-order valence-corrected chi connectivity index (χ1v) is 7.29. The molecule has 0 bridgehead atoms. The molecule has 0 radical (unpaired) electrons. The molecule has 0 saturated carbocycles. The maximum Gasteiger partial charge on any atom is 0.255 e. The van der Waals surface area contributed by atoms with Crippen molar-refractivity contribution >= 4 is 40.5 Å². The van der Waals surface area contributed by atoms with E-state index in [0.717, 1.165) is 5.69 Å². The Labute approximate surface area is 139 Å². The molecule has 0 heterocycles. The molecule has 2 aromatic carbocycles. The molecule has 116 valence electrons. The smallest absolute Gasteiger partial charge is 0.255 e. The molecule has 2 rings (SSSR count). The van der Waals surface area contributed by atoms with Gasteiger partial charge in [0.2, 0.25) is 0 Å². The molecule has 0 spiro atoms. The highest BCUT2D eigenvalue weighted by molar-refractivity contribution is 6.37. The standard InChI is InChI=1S/C16H16Cl2N2O2/c1-20(2)12-6-4-11(5-7-12)19-16(21)10-8-13(17)15(22-3)14(18)9-10/h4-9H,1-3H3,(H,19,21). The van der Waals surface area contributed by atoms with Crippen molar-refractivity contribution in [2.24, 2.45) is 0 Å². The van der Waals surface area contributed by atoms with Gasteiger partial charge in [0.1, 0.15) is 0 Å². The Morgan fingerprint density at radius 2 is 1.64 bits per heavy atom. The summed E-state index contributed by atoms with van der Waals surface area (Å²) >= 11 is 12.1. The molecule has 0 saturated heterocycles. The number of hydrogen-bond acceptors (Lipinski definition) is 3. The molecule has 0 aliphatic heterocycles. The number of ether oxygens (including phenoxy) is 1. The number of halogens is 2. The summed E-state index contributed by atoms with van der Waals surface area (Å²) in [5, 5.41) is 3.39. The average molecular weight is 339 g/mol. The lowest BCUT2D eigenvalue weighted by molar-refractivity contribution is 0.102. The van der Waals surface area contributed by atoms with Crippen LogP contribution in [0.1, 0.15) is 10.4 Å². The fourth-order valence-electron chi connectivity index (χ4n) is 1.93. The first kappa shape index (κ1) is 16.5. The van der Waals surface area contributed by atoms with E-state index in [2.05, 4.69) is 5.32 Å². The fraction of sp³-hybridized carbons (Fsp3) is 0.188. The third-order valence-electron chi connectivity index (χ3n) is 3.11. The minimum absolute atomic E-state index is 0.288. The van der Waals surface area contributed by atoms with Crippen LogP contribution in [0.5, 0.6) is 5.75 Å². The molecule has 6 heteroatoms. The van der Waals surface area contributed by atoms with E-state index in [1.807, 2.05) is 43.3 Å². The van der Waals surface area contributed by atoms with E-state index < -0.39 is 0 Å². The Kier molecular flexibility index (Phi) is 5.16. The van der Waals surface area contributed by atoms with Crippen molar-refractivity contribution in [2.45, 2.75) is 0 Å². The SMILES string of the molecule is COc1c(Cl)cc(C(=O)Nc2ccc(N(C)C)cc2)cc1Cl. The number of rotatable bonds is 4. The first-order valence-electron chi connectivity index (χ1n) is 6.54. The highest BCUT2D eigenvalue weighted by atomic mass is 35.5. The largest absolute Gasteiger partial charge is 0.494 e. The molecular weight excluding hydrogens is 323 g/mol. The minimum atomic E-state index is -0.288. The second-order valence-corrected chi connectivity index (χ2v) is 5.68. The van der Waals surface area contributed by atoms with Crippen molar-refractivity contribution in [3.05, 3.63) is 52.0 Å². The van der Waals surface area contributed by atoms with E-state index >= 15 is 0 Å². The molecule has 0 aromatic heterocycles. The van der Waals surface area contributed by atoms with Gasteiger partial charge >= 0.3 is 0 Å². The lowest BCUT2D eigenvalue weighted by Gasteiger charge is -2.13. The van der Waals surface area contributed by atoms with Gasteiger partial charge in [0.05, 0.1) is 17.2 Å². The van der Waals surface area contributed by atoms with Crippen LogP contribution in [0, 0.1) is 0 Å². The predicted octanol–water partition coefficient (Wildman–Crippen LogP) is 4.32. The topological polar surface area (TPSA) is 41.6 Å². The van der Waals surface area contributed by atoms with Gasteiger partial charge < -0.3 is 15.0 Å². The third kappa shape index (κ3) is 3.64. The lowest BCUT2D eigenvalue weighted by Crippen LogP contribution is -2.13. The average Bonchev–Trinajstić information content (AvgIpc) is 2.47. The third-order valence-corrected chi connectivity index (χ3v) is 3.67. The number of nitrogens with one attached hydrogen (secondary N) is 1. The van der Waals surface area contributed by atoms with Gasteiger partial charge in [0, 0.05) is 31.0 Å². The molecule has 4 nitrogen and oxygen atoms in total. The number of benzene rings is 2. The summed E-state index contributed by atoms with van der Waals surface area (Å²) < 4.78 is 5.06. The molecule has 0 aliphatic rings. The second-order valence-electron chi connectivity index (χ2n) is 4.87. The van der Waals surface area contributed by atoms with Crippen LogP contribution >= 0.6 is 23.2 Å². The summed E-state index contributed by atoms with van der Waals surface area (Å²) in [4.78, 5) is 14.2. The molecule has 0 fully saturated rings. The molecule has 22 heavy (non-hydrogen) atoms. The first-order chi connectivity index (χ1) is 10.4. The van der Waals surface area contributed by atoms with E-state index in [0.29, 0.717) is 27.0 Å². The van der Waals surface area contributed by atoms with Gasteiger partial charge in [-0.3, -0.25) is 4.79 Å². The number of anilines is 2. The molecule has 0 unspecified atom stereocenters. The maximum absolute atomic E-state index is 12.3. The summed E-state index contributed by atoms with van der Waals surface area (Å²) in [6.45, 7) is 0. The van der Waals surface area contributed by atoms with Gasteiger partial charge in [-0.15, -0.1) is 0 Å². The Hall–Kier alpha value is -1.91. The Morgan fingerprint density at radius 3 is 2.09 bits per heavy atom. The molecular formula is C16H16Cl2N2O2. The van der Waals surface area contributed by atoms with Crippen LogP contribution in [0.3, 0.4) is 0 Å². The van der Waals surface area contributed by atoms with Gasteiger partial charge in [0.15, 0.2) is 5.75 Å². The van der Waals surface area contributed by atoms with Gasteiger partial charge in [-0.1, -0.05) is 23.2 Å². The van der Waals surface area contributed by atoms with Crippen LogP contribution in [0.15, 0.2) is 36.4 Å². The fourth-order valence-corrected chi connectivity index (χ4v) is 2.57. The van der Waals surface area contributed by atoms with Gasteiger partial charge in [-0.2, -0.15) is 0 Å². The number of nitrogens with zero attached hydrogens (tertiary/aromatic N) is 1. The predicted molar refractivity (Wildman–Crippen MR) is 91.7 cm³/mol.